The summed E-state index contributed by atoms with van der Waals surface area (Å²) in [4.78, 5) is 2.32. The van der Waals surface area contributed by atoms with E-state index in [0.717, 1.165) is 25.8 Å². The maximum Gasteiger partial charge on any atom is 0.0714 e. The zero-order valence-electron chi connectivity index (χ0n) is 11.1. The van der Waals surface area contributed by atoms with Crippen LogP contribution in [0.1, 0.15) is 30.9 Å². The minimum atomic E-state index is -0.513. The van der Waals surface area contributed by atoms with Crippen molar-refractivity contribution in [2.24, 2.45) is 0 Å². The predicted octanol–water partition coefficient (Wildman–Crippen LogP) is 2.38. The molecule has 1 heterocycles. The van der Waals surface area contributed by atoms with Crippen molar-refractivity contribution in [3.05, 3.63) is 35.4 Å². The second-order valence-corrected chi connectivity index (χ2v) is 5.67. The molecule has 1 saturated heterocycles. The van der Waals surface area contributed by atoms with Crippen molar-refractivity contribution < 1.29 is 5.11 Å². The number of nitrogens with zero attached hydrogens (tertiary/aromatic N) is 1. The second-order valence-electron chi connectivity index (χ2n) is 5.67. The summed E-state index contributed by atoms with van der Waals surface area (Å²) < 4.78 is 0. The SMILES string of the molecule is Cc1ccc(CC2(O)CCN(C)C(C)C2)cc1. The van der Waals surface area contributed by atoms with Crippen LogP contribution in [0.4, 0.5) is 0 Å². The molecule has 0 saturated carbocycles. The van der Waals surface area contributed by atoms with Crippen LogP contribution in [0, 0.1) is 6.92 Å². The van der Waals surface area contributed by atoms with Gasteiger partial charge in [-0.3, -0.25) is 0 Å². The average Bonchev–Trinajstić information content (AvgIpc) is 2.28. The fourth-order valence-corrected chi connectivity index (χ4v) is 2.66. The number of aryl methyl sites for hydroxylation is 1. The van der Waals surface area contributed by atoms with Crippen molar-refractivity contribution in [3.8, 4) is 0 Å². The van der Waals surface area contributed by atoms with E-state index in [1.165, 1.54) is 11.1 Å². The van der Waals surface area contributed by atoms with Gasteiger partial charge in [-0.15, -0.1) is 0 Å². The molecule has 1 fully saturated rings. The molecule has 0 bridgehead atoms. The fourth-order valence-electron chi connectivity index (χ4n) is 2.66. The highest BCUT2D eigenvalue weighted by atomic mass is 16.3. The van der Waals surface area contributed by atoms with Crippen LogP contribution in [0.25, 0.3) is 0 Å². The molecule has 17 heavy (non-hydrogen) atoms. The highest BCUT2D eigenvalue weighted by molar-refractivity contribution is 5.23. The van der Waals surface area contributed by atoms with E-state index in [9.17, 15) is 5.11 Å². The van der Waals surface area contributed by atoms with Crippen LogP contribution in [0.3, 0.4) is 0 Å². The largest absolute Gasteiger partial charge is 0.389 e. The molecular formula is C15H23NO. The quantitative estimate of drug-likeness (QED) is 0.848. The van der Waals surface area contributed by atoms with Gasteiger partial charge in [-0.05, 0) is 39.3 Å². The third-order valence-electron chi connectivity index (χ3n) is 4.01. The minimum Gasteiger partial charge on any atom is -0.389 e. The Morgan fingerprint density at radius 2 is 2.00 bits per heavy atom. The number of hydrogen-bond acceptors (Lipinski definition) is 2. The van der Waals surface area contributed by atoms with E-state index in [1.807, 2.05) is 0 Å². The van der Waals surface area contributed by atoms with E-state index in [1.54, 1.807) is 0 Å². The Labute approximate surface area is 104 Å². The molecule has 1 aromatic carbocycles. The third-order valence-corrected chi connectivity index (χ3v) is 4.01. The first-order chi connectivity index (χ1) is 7.98. The molecule has 2 heteroatoms. The van der Waals surface area contributed by atoms with Crippen molar-refractivity contribution in [1.29, 1.82) is 0 Å². The molecule has 0 spiro atoms. The van der Waals surface area contributed by atoms with Gasteiger partial charge in [0, 0.05) is 19.0 Å². The lowest BCUT2D eigenvalue weighted by Crippen LogP contribution is -2.48. The van der Waals surface area contributed by atoms with Crippen molar-refractivity contribution in [2.75, 3.05) is 13.6 Å². The molecule has 0 amide bonds. The number of hydrogen-bond donors (Lipinski definition) is 1. The predicted molar refractivity (Wildman–Crippen MR) is 71.2 cm³/mol. The molecule has 94 valence electrons. The lowest BCUT2D eigenvalue weighted by molar-refractivity contribution is -0.0353. The van der Waals surface area contributed by atoms with Crippen LogP contribution >= 0.6 is 0 Å². The number of aliphatic hydroxyl groups is 1. The van der Waals surface area contributed by atoms with Crippen molar-refractivity contribution in [3.63, 3.8) is 0 Å². The van der Waals surface area contributed by atoms with Gasteiger partial charge in [0.25, 0.3) is 0 Å². The lowest BCUT2D eigenvalue weighted by atomic mass is 9.82. The molecule has 1 N–H and O–H groups in total. The Balaban J connectivity index is 2.05. The summed E-state index contributed by atoms with van der Waals surface area (Å²) in [5.74, 6) is 0. The Morgan fingerprint density at radius 3 is 2.59 bits per heavy atom. The highest BCUT2D eigenvalue weighted by Gasteiger charge is 2.34. The summed E-state index contributed by atoms with van der Waals surface area (Å²) in [5.41, 5.74) is 2.01. The van der Waals surface area contributed by atoms with Gasteiger partial charge in [0.05, 0.1) is 5.60 Å². The first-order valence-corrected chi connectivity index (χ1v) is 6.47. The van der Waals surface area contributed by atoms with E-state index in [4.69, 9.17) is 0 Å². The topological polar surface area (TPSA) is 23.5 Å². The van der Waals surface area contributed by atoms with Crippen LogP contribution in [-0.4, -0.2) is 35.2 Å². The Hall–Kier alpha value is -0.860. The smallest absolute Gasteiger partial charge is 0.0714 e. The van der Waals surface area contributed by atoms with Crippen LogP contribution < -0.4 is 0 Å². The standard InChI is InChI=1S/C15H23NO/c1-12-4-6-14(7-5-12)11-15(17)8-9-16(3)13(2)10-15/h4-7,13,17H,8-11H2,1-3H3. The van der Waals surface area contributed by atoms with Gasteiger partial charge in [0.15, 0.2) is 0 Å². The highest BCUT2D eigenvalue weighted by Crippen LogP contribution is 2.29. The zero-order valence-corrected chi connectivity index (χ0v) is 11.1. The number of piperidine rings is 1. The third kappa shape index (κ3) is 3.08. The van der Waals surface area contributed by atoms with Crippen LogP contribution in [0.2, 0.25) is 0 Å². The molecular weight excluding hydrogens is 210 g/mol. The molecule has 0 aromatic heterocycles. The molecule has 1 aliphatic heterocycles. The van der Waals surface area contributed by atoms with Gasteiger partial charge in [-0.2, -0.15) is 0 Å². The summed E-state index contributed by atoms with van der Waals surface area (Å²) in [6.45, 7) is 5.28. The van der Waals surface area contributed by atoms with Crippen molar-refractivity contribution in [2.45, 2.75) is 44.8 Å². The first kappa shape index (κ1) is 12.6. The lowest BCUT2D eigenvalue weighted by Gasteiger charge is -2.41. The summed E-state index contributed by atoms with van der Waals surface area (Å²) in [6, 6.07) is 8.99. The van der Waals surface area contributed by atoms with Crippen molar-refractivity contribution >= 4 is 0 Å². The van der Waals surface area contributed by atoms with E-state index in [2.05, 4.69) is 50.1 Å². The molecule has 0 aliphatic carbocycles. The Kier molecular flexibility index (Phi) is 3.55. The Bertz CT molecular complexity index is 373. The summed E-state index contributed by atoms with van der Waals surface area (Å²) in [5, 5.41) is 10.7. The average molecular weight is 233 g/mol. The molecule has 0 radical (unpaired) electrons. The molecule has 2 rings (SSSR count). The minimum absolute atomic E-state index is 0.471. The monoisotopic (exact) mass is 233 g/mol. The molecule has 1 aromatic rings. The van der Waals surface area contributed by atoms with Crippen molar-refractivity contribution in [1.82, 2.24) is 4.90 Å². The van der Waals surface area contributed by atoms with E-state index in [-0.39, 0.29) is 0 Å². The maximum atomic E-state index is 10.7. The molecule has 2 nitrogen and oxygen atoms in total. The molecule has 1 aliphatic rings. The normalized spacial score (nSPS) is 30.5. The summed E-state index contributed by atoms with van der Waals surface area (Å²) >= 11 is 0. The van der Waals surface area contributed by atoms with Gasteiger partial charge >= 0.3 is 0 Å². The maximum absolute atomic E-state index is 10.7. The number of rotatable bonds is 2. The summed E-state index contributed by atoms with van der Waals surface area (Å²) in [7, 11) is 2.14. The van der Waals surface area contributed by atoms with Crippen LogP contribution in [-0.2, 0) is 6.42 Å². The van der Waals surface area contributed by atoms with Crippen LogP contribution in [0.5, 0.6) is 0 Å². The molecule has 2 atom stereocenters. The number of likely N-dealkylation sites (tertiary alicyclic amines) is 1. The first-order valence-electron chi connectivity index (χ1n) is 6.47. The summed E-state index contributed by atoms with van der Waals surface area (Å²) in [6.07, 6.45) is 2.53. The van der Waals surface area contributed by atoms with Crippen LogP contribution in [0.15, 0.2) is 24.3 Å². The van der Waals surface area contributed by atoms with E-state index < -0.39 is 5.60 Å². The van der Waals surface area contributed by atoms with Gasteiger partial charge in [-0.25, -0.2) is 0 Å². The van der Waals surface area contributed by atoms with Gasteiger partial charge < -0.3 is 10.0 Å². The zero-order chi connectivity index (χ0) is 12.5. The van der Waals surface area contributed by atoms with E-state index in [0.29, 0.717) is 6.04 Å². The molecule has 2 unspecified atom stereocenters. The van der Waals surface area contributed by atoms with E-state index >= 15 is 0 Å². The fraction of sp³-hybridized carbons (Fsp3) is 0.600. The second kappa shape index (κ2) is 4.79. The number of benzene rings is 1. The van der Waals surface area contributed by atoms with Gasteiger partial charge in [0.2, 0.25) is 0 Å². The van der Waals surface area contributed by atoms with Gasteiger partial charge in [0.1, 0.15) is 0 Å². The van der Waals surface area contributed by atoms with Gasteiger partial charge in [-0.1, -0.05) is 29.8 Å². The Morgan fingerprint density at radius 1 is 1.35 bits per heavy atom.